The molecule has 0 unspecified atom stereocenters. The molecule has 0 heterocycles. The molecule has 0 amide bonds. The number of allylic oxidation sites excluding steroid dienone is 4. The van der Waals surface area contributed by atoms with Gasteiger partial charge in [-0.05, 0) is 211 Å². The zero-order valence-corrected chi connectivity index (χ0v) is 38.9. The van der Waals surface area contributed by atoms with E-state index in [2.05, 4.69) is 137 Å². The number of hydrogen-bond acceptors (Lipinski definition) is 4. The van der Waals surface area contributed by atoms with E-state index in [9.17, 15) is 0 Å². The van der Waals surface area contributed by atoms with Gasteiger partial charge in [0.2, 0.25) is 0 Å². The van der Waals surface area contributed by atoms with E-state index in [1.165, 1.54) is 128 Å². The average Bonchev–Trinajstić information content (AvgIpc) is 3.09. The summed E-state index contributed by atoms with van der Waals surface area (Å²) in [6.45, 7) is 53.8. The van der Waals surface area contributed by atoms with Crippen LogP contribution in [0.25, 0.3) is 0 Å². The summed E-state index contributed by atoms with van der Waals surface area (Å²) in [6, 6.07) is 0. The molecule has 320 valence electrons. The molecule has 4 nitrogen and oxygen atoms in total. The first-order chi connectivity index (χ1) is 25.7. The Morgan fingerprint density at radius 3 is 0.825 bits per heavy atom. The lowest BCUT2D eigenvalue weighted by molar-refractivity contribution is -0.193. The standard InChI is InChI=1S/2C25H40.2CO2.CH4/c2*1-17(13-11-12-14-25(8,9)10)15-18(2)16-24-22(6)20(4)19(3)21(5)23(24)7;2*2-1-3;/h2*1-2,11-16H2,3-10H3;;;1H4. The Balaban J connectivity index is -0.000000884. The van der Waals surface area contributed by atoms with Gasteiger partial charge in [0.05, 0.1) is 0 Å². The van der Waals surface area contributed by atoms with Crippen LogP contribution in [0.3, 0.4) is 0 Å². The van der Waals surface area contributed by atoms with Crippen LogP contribution in [0.5, 0.6) is 0 Å². The average molecular weight is 785 g/mol. The van der Waals surface area contributed by atoms with Gasteiger partial charge in [0, 0.05) is 0 Å². The zero-order valence-electron chi connectivity index (χ0n) is 38.9. The van der Waals surface area contributed by atoms with Gasteiger partial charge in [0.25, 0.3) is 0 Å². The maximum Gasteiger partial charge on any atom is 0.373 e. The first kappa shape index (κ1) is 57.5. The number of unbranched alkanes of at least 4 members (excludes halogenated alkanes) is 2. The van der Waals surface area contributed by atoms with Crippen molar-refractivity contribution in [2.24, 2.45) is 10.8 Å². The minimum atomic E-state index is 0. The van der Waals surface area contributed by atoms with E-state index in [0.29, 0.717) is 10.8 Å². The van der Waals surface area contributed by atoms with Crippen molar-refractivity contribution in [1.82, 2.24) is 0 Å². The molecule has 0 spiro atoms. The first-order valence-electron chi connectivity index (χ1n) is 20.5. The molecule has 2 aromatic rings. The fourth-order valence-electron chi connectivity index (χ4n) is 7.26. The SMILES string of the molecule is C.C=C(CCCCC(C)(C)C)CC(=C)Cc1c(C)c(C)c(C)c(C)c1C.C=C(CCCCC(C)(C)C)CC(=C)Cc1c(C)c(C)c(C)c(C)c1C.O=C=O.O=C=O. The third-order valence-corrected chi connectivity index (χ3v) is 11.6. The zero-order chi connectivity index (χ0) is 44.1. The highest BCUT2D eigenvalue weighted by molar-refractivity contribution is 5.51. The van der Waals surface area contributed by atoms with Crippen molar-refractivity contribution in [3.8, 4) is 0 Å². The summed E-state index contributed by atoms with van der Waals surface area (Å²) in [4.78, 5) is 32.5. The summed E-state index contributed by atoms with van der Waals surface area (Å²) < 4.78 is 0. The highest BCUT2D eigenvalue weighted by Crippen LogP contribution is 2.31. The van der Waals surface area contributed by atoms with E-state index in [-0.39, 0.29) is 19.7 Å². The van der Waals surface area contributed by atoms with Crippen LogP contribution in [0.1, 0.15) is 180 Å². The second-order valence-corrected chi connectivity index (χ2v) is 18.6. The maximum atomic E-state index is 8.12. The number of benzene rings is 2. The molecule has 0 saturated heterocycles. The molecule has 0 bridgehead atoms. The summed E-state index contributed by atoms with van der Waals surface area (Å²) in [5.41, 5.74) is 23.5. The molecule has 0 N–H and O–H groups in total. The molecule has 0 aliphatic carbocycles. The molecular formula is C53H84O4. The van der Waals surface area contributed by atoms with Crippen molar-refractivity contribution < 1.29 is 19.2 Å². The van der Waals surface area contributed by atoms with Crippen molar-refractivity contribution in [2.75, 3.05) is 0 Å². The molecule has 4 heteroatoms. The predicted molar refractivity (Wildman–Crippen MR) is 246 cm³/mol. The van der Waals surface area contributed by atoms with Crippen LogP contribution in [0, 0.1) is 80.1 Å². The van der Waals surface area contributed by atoms with Gasteiger partial charge >= 0.3 is 12.3 Å². The minimum absolute atomic E-state index is 0. The van der Waals surface area contributed by atoms with Crippen molar-refractivity contribution in [3.05, 3.63) is 115 Å². The molecule has 2 rings (SSSR count). The van der Waals surface area contributed by atoms with E-state index < -0.39 is 0 Å². The predicted octanol–water partition coefficient (Wildman–Crippen LogP) is 15.2. The van der Waals surface area contributed by atoms with Gasteiger partial charge in [-0.2, -0.15) is 19.2 Å². The van der Waals surface area contributed by atoms with Gasteiger partial charge in [-0.25, -0.2) is 0 Å². The highest BCUT2D eigenvalue weighted by Gasteiger charge is 2.16. The lowest BCUT2D eigenvalue weighted by atomic mass is 9.85. The number of carbonyl (C=O) groups excluding carboxylic acids is 4. The van der Waals surface area contributed by atoms with Crippen molar-refractivity contribution in [2.45, 2.75) is 195 Å². The van der Waals surface area contributed by atoms with Crippen LogP contribution < -0.4 is 0 Å². The Hall–Kier alpha value is -3.84. The second-order valence-electron chi connectivity index (χ2n) is 18.6. The van der Waals surface area contributed by atoms with Crippen molar-refractivity contribution in [3.63, 3.8) is 0 Å². The number of rotatable bonds is 16. The van der Waals surface area contributed by atoms with Crippen LogP contribution >= 0.6 is 0 Å². The van der Waals surface area contributed by atoms with E-state index in [0.717, 1.165) is 38.5 Å². The summed E-state index contributed by atoms with van der Waals surface area (Å²) in [6.07, 6.45) is 14.4. The summed E-state index contributed by atoms with van der Waals surface area (Å²) in [5, 5.41) is 0. The molecule has 57 heavy (non-hydrogen) atoms. The molecule has 0 aliphatic heterocycles. The van der Waals surface area contributed by atoms with Gasteiger partial charge in [0.15, 0.2) is 0 Å². The van der Waals surface area contributed by atoms with Gasteiger partial charge in [-0.15, -0.1) is 0 Å². The Bertz CT molecular complexity index is 1520. The van der Waals surface area contributed by atoms with Crippen LogP contribution in [0.15, 0.2) is 48.6 Å². The molecule has 0 aromatic heterocycles. The van der Waals surface area contributed by atoms with Crippen molar-refractivity contribution in [1.29, 1.82) is 0 Å². The lowest BCUT2D eigenvalue weighted by Crippen LogP contribution is -2.05. The summed E-state index contributed by atoms with van der Waals surface area (Å²) in [5.74, 6) is 0. The third kappa shape index (κ3) is 22.6. The van der Waals surface area contributed by atoms with Crippen molar-refractivity contribution >= 4 is 12.3 Å². The minimum Gasteiger partial charge on any atom is -0.186 e. The van der Waals surface area contributed by atoms with Crippen LogP contribution in [-0.4, -0.2) is 12.3 Å². The van der Waals surface area contributed by atoms with Gasteiger partial charge < -0.3 is 0 Å². The Labute approximate surface area is 351 Å². The van der Waals surface area contributed by atoms with E-state index >= 15 is 0 Å². The maximum absolute atomic E-state index is 8.12. The van der Waals surface area contributed by atoms with Gasteiger partial charge in [0.1, 0.15) is 0 Å². The highest BCUT2D eigenvalue weighted by atomic mass is 16.2. The van der Waals surface area contributed by atoms with E-state index in [1.807, 2.05) is 0 Å². The molecule has 2 aromatic carbocycles. The molecule has 0 atom stereocenters. The topological polar surface area (TPSA) is 68.3 Å². The van der Waals surface area contributed by atoms with Crippen LogP contribution in [0.4, 0.5) is 0 Å². The Kier molecular flexibility index (Phi) is 28.0. The lowest BCUT2D eigenvalue weighted by Gasteiger charge is -2.20. The molecule has 0 aliphatic rings. The monoisotopic (exact) mass is 785 g/mol. The van der Waals surface area contributed by atoms with Crippen LogP contribution in [0.2, 0.25) is 0 Å². The summed E-state index contributed by atoms with van der Waals surface area (Å²) in [7, 11) is 0. The molecular weight excluding hydrogens is 701 g/mol. The van der Waals surface area contributed by atoms with Gasteiger partial charge in [-0.1, -0.05) is 110 Å². The Morgan fingerprint density at radius 1 is 0.404 bits per heavy atom. The normalized spacial score (nSPS) is 10.5. The number of hydrogen-bond donors (Lipinski definition) is 0. The Morgan fingerprint density at radius 2 is 0.614 bits per heavy atom. The fourth-order valence-corrected chi connectivity index (χ4v) is 7.26. The smallest absolute Gasteiger partial charge is 0.186 e. The quantitative estimate of drug-likeness (QED) is 0.126. The largest absolute Gasteiger partial charge is 0.373 e. The van der Waals surface area contributed by atoms with Crippen LogP contribution in [-0.2, 0) is 32.0 Å². The third-order valence-electron chi connectivity index (χ3n) is 11.6. The molecule has 0 fully saturated rings. The first-order valence-corrected chi connectivity index (χ1v) is 20.5. The molecule has 0 saturated carbocycles. The molecule has 0 radical (unpaired) electrons. The van der Waals surface area contributed by atoms with E-state index in [4.69, 9.17) is 19.2 Å². The fraction of sp³-hybridized carbons (Fsp3) is 0.585. The van der Waals surface area contributed by atoms with E-state index in [1.54, 1.807) is 0 Å². The second kappa shape index (κ2) is 27.7. The van der Waals surface area contributed by atoms with Gasteiger partial charge in [-0.3, -0.25) is 0 Å². The summed E-state index contributed by atoms with van der Waals surface area (Å²) >= 11 is 0.